The van der Waals surface area contributed by atoms with Crippen molar-refractivity contribution in [3.05, 3.63) is 41.2 Å². The first kappa shape index (κ1) is 13.6. The molecular weight excluding hydrogens is 240 g/mol. The van der Waals surface area contributed by atoms with Crippen molar-refractivity contribution in [3.8, 4) is 0 Å². The third-order valence-electron chi connectivity index (χ3n) is 3.15. The Morgan fingerprint density at radius 2 is 2.16 bits per heavy atom. The molecule has 0 unspecified atom stereocenters. The van der Waals surface area contributed by atoms with E-state index in [1.165, 1.54) is 0 Å². The Kier molecular flexibility index (Phi) is 3.90. The summed E-state index contributed by atoms with van der Waals surface area (Å²) >= 11 is 0. The molecule has 2 rings (SSSR count). The van der Waals surface area contributed by atoms with Gasteiger partial charge in [-0.15, -0.1) is 0 Å². The lowest BCUT2D eigenvalue weighted by Crippen LogP contribution is -2.08. The number of aromatic nitrogens is 1. The first-order chi connectivity index (χ1) is 9.08. The second-order valence-electron chi connectivity index (χ2n) is 4.85. The molecule has 19 heavy (non-hydrogen) atoms. The predicted molar refractivity (Wildman–Crippen MR) is 75.3 cm³/mol. The number of carbonyl (C=O) groups is 1. The number of nitrogens with two attached hydrogens (primary N) is 1. The molecule has 0 aliphatic heterocycles. The number of nitrogens with zero attached hydrogens (tertiary/aromatic N) is 1. The van der Waals surface area contributed by atoms with Crippen LogP contribution < -0.4 is 5.73 Å². The first-order valence-electron chi connectivity index (χ1n) is 6.59. The zero-order chi connectivity index (χ0) is 14.0. The minimum Gasteiger partial charge on any atom is -0.462 e. The van der Waals surface area contributed by atoms with E-state index in [0.29, 0.717) is 18.7 Å². The van der Waals surface area contributed by atoms with Crippen LogP contribution in [0.1, 0.15) is 48.3 Å². The Bertz CT molecular complexity index is 599. The van der Waals surface area contributed by atoms with E-state index in [2.05, 4.69) is 13.8 Å². The maximum absolute atomic E-state index is 12.0. The number of ether oxygens (including phenoxy) is 1. The minimum atomic E-state index is -0.260. The maximum Gasteiger partial charge on any atom is 0.340 e. The molecule has 0 aromatic carbocycles. The number of pyridine rings is 1. The van der Waals surface area contributed by atoms with Gasteiger partial charge in [0.2, 0.25) is 0 Å². The Balaban J connectivity index is 2.62. The highest BCUT2D eigenvalue weighted by atomic mass is 16.5. The van der Waals surface area contributed by atoms with E-state index in [1.54, 1.807) is 0 Å². The van der Waals surface area contributed by atoms with Crippen molar-refractivity contribution in [2.45, 2.75) is 33.2 Å². The number of fused-ring (bicyclic) bond motifs is 1. The normalized spacial score (nSPS) is 11.2. The fraction of sp³-hybridized carbons (Fsp3) is 0.400. The van der Waals surface area contributed by atoms with E-state index in [0.717, 1.165) is 16.8 Å². The summed E-state index contributed by atoms with van der Waals surface area (Å²) in [7, 11) is 0. The molecule has 0 radical (unpaired) electrons. The molecular formula is C15H20N2O2. The Morgan fingerprint density at radius 3 is 2.74 bits per heavy atom. The summed E-state index contributed by atoms with van der Waals surface area (Å²) in [5.74, 6) is -0.0187. The fourth-order valence-corrected chi connectivity index (χ4v) is 2.33. The number of hydrogen-bond acceptors (Lipinski definition) is 3. The molecule has 2 aromatic rings. The molecule has 0 aliphatic carbocycles. The van der Waals surface area contributed by atoms with Crippen molar-refractivity contribution in [1.29, 1.82) is 0 Å². The van der Waals surface area contributed by atoms with Crippen LogP contribution in [0.4, 0.5) is 0 Å². The average Bonchev–Trinajstić information content (AvgIpc) is 2.77. The number of carbonyl (C=O) groups excluding carboxylic acids is 1. The van der Waals surface area contributed by atoms with Crippen LogP contribution in [0.15, 0.2) is 24.4 Å². The maximum atomic E-state index is 12.0. The quantitative estimate of drug-likeness (QED) is 0.860. The zero-order valence-corrected chi connectivity index (χ0v) is 11.6. The molecule has 0 amide bonds. The van der Waals surface area contributed by atoms with Crippen LogP contribution in [0.5, 0.6) is 0 Å². The van der Waals surface area contributed by atoms with Gasteiger partial charge in [0.1, 0.15) is 0 Å². The molecule has 0 spiro atoms. The highest BCUT2D eigenvalue weighted by molar-refractivity contribution is 5.93. The van der Waals surface area contributed by atoms with E-state index in [4.69, 9.17) is 10.5 Å². The Labute approximate surface area is 113 Å². The van der Waals surface area contributed by atoms with Gasteiger partial charge in [0.25, 0.3) is 0 Å². The van der Waals surface area contributed by atoms with Gasteiger partial charge in [-0.2, -0.15) is 0 Å². The van der Waals surface area contributed by atoms with E-state index < -0.39 is 0 Å². The van der Waals surface area contributed by atoms with Crippen molar-refractivity contribution < 1.29 is 9.53 Å². The van der Waals surface area contributed by atoms with Gasteiger partial charge in [0.15, 0.2) is 0 Å². The second-order valence-corrected chi connectivity index (χ2v) is 4.85. The summed E-state index contributed by atoms with van der Waals surface area (Å²) in [5.41, 5.74) is 9.31. The molecule has 0 atom stereocenters. The van der Waals surface area contributed by atoms with Crippen LogP contribution in [-0.2, 0) is 11.3 Å². The SMILES string of the molecule is CCOC(=O)c1cc2cc(CN)ccn2c1C(C)C. The molecule has 0 saturated heterocycles. The van der Waals surface area contributed by atoms with Crippen molar-refractivity contribution in [2.75, 3.05) is 6.61 Å². The largest absolute Gasteiger partial charge is 0.462 e. The molecule has 4 nitrogen and oxygen atoms in total. The van der Waals surface area contributed by atoms with Gasteiger partial charge < -0.3 is 14.9 Å². The van der Waals surface area contributed by atoms with Crippen LogP contribution in [-0.4, -0.2) is 17.0 Å². The average molecular weight is 260 g/mol. The number of esters is 1. The van der Waals surface area contributed by atoms with Gasteiger partial charge in [0.05, 0.1) is 12.2 Å². The molecule has 2 heterocycles. The van der Waals surface area contributed by atoms with Crippen LogP contribution >= 0.6 is 0 Å². The van der Waals surface area contributed by atoms with Crippen molar-refractivity contribution in [1.82, 2.24) is 4.40 Å². The lowest BCUT2D eigenvalue weighted by atomic mass is 10.1. The molecule has 0 fully saturated rings. The highest BCUT2D eigenvalue weighted by Crippen LogP contribution is 2.25. The van der Waals surface area contributed by atoms with E-state index >= 15 is 0 Å². The summed E-state index contributed by atoms with van der Waals surface area (Å²) in [6.07, 6.45) is 1.97. The van der Waals surface area contributed by atoms with E-state index in [-0.39, 0.29) is 11.9 Å². The molecule has 4 heteroatoms. The molecule has 2 aromatic heterocycles. The summed E-state index contributed by atoms with van der Waals surface area (Å²) in [6, 6.07) is 5.87. The molecule has 2 N–H and O–H groups in total. The topological polar surface area (TPSA) is 56.7 Å². The fourth-order valence-electron chi connectivity index (χ4n) is 2.33. The van der Waals surface area contributed by atoms with Crippen LogP contribution in [0.3, 0.4) is 0 Å². The van der Waals surface area contributed by atoms with Crippen LogP contribution in [0, 0.1) is 0 Å². The molecule has 0 bridgehead atoms. The Hall–Kier alpha value is -1.81. The highest BCUT2D eigenvalue weighted by Gasteiger charge is 2.20. The molecule has 0 saturated carbocycles. The van der Waals surface area contributed by atoms with E-state index in [9.17, 15) is 4.79 Å². The lowest BCUT2D eigenvalue weighted by Gasteiger charge is -2.10. The van der Waals surface area contributed by atoms with Crippen LogP contribution in [0.25, 0.3) is 5.52 Å². The predicted octanol–water partition coefficient (Wildman–Crippen LogP) is 2.70. The zero-order valence-electron chi connectivity index (χ0n) is 11.6. The lowest BCUT2D eigenvalue weighted by molar-refractivity contribution is 0.0524. The van der Waals surface area contributed by atoms with E-state index in [1.807, 2.05) is 35.7 Å². The third-order valence-corrected chi connectivity index (χ3v) is 3.15. The van der Waals surface area contributed by atoms with Gasteiger partial charge >= 0.3 is 5.97 Å². The molecule has 102 valence electrons. The monoisotopic (exact) mass is 260 g/mol. The van der Waals surface area contributed by atoms with Gasteiger partial charge in [-0.05, 0) is 36.6 Å². The van der Waals surface area contributed by atoms with Crippen LogP contribution in [0.2, 0.25) is 0 Å². The number of rotatable bonds is 4. The summed E-state index contributed by atoms with van der Waals surface area (Å²) in [4.78, 5) is 12.0. The standard InChI is InChI=1S/C15H20N2O2/c1-4-19-15(18)13-8-12-7-11(9-16)5-6-17(12)14(13)10(2)3/h5-8,10H,4,9,16H2,1-3H3. The number of hydrogen-bond donors (Lipinski definition) is 1. The minimum absolute atomic E-state index is 0.241. The van der Waals surface area contributed by atoms with Crippen molar-refractivity contribution in [2.24, 2.45) is 5.73 Å². The van der Waals surface area contributed by atoms with Gasteiger partial charge in [-0.1, -0.05) is 13.8 Å². The second kappa shape index (κ2) is 5.45. The van der Waals surface area contributed by atoms with Gasteiger partial charge in [0, 0.05) is 24.0 Å². The van der Waals surface area contributed by atoms with Crippen molar-refractivity contribution in [3.63, 3.8) is 0 Å². The summed E-state index contributed by atoms with van der Waals surface area (Å²) < 4.78 is 7.17. The van der Waals surface area contributed by atoms with Gasteiger partial charge in [-0.25, -0.2) is 4.79 Å². The van der Waals surface area contributed by atoms with Crippen molar-refractivity contribution >= 4 is 11.5 Å². The molecule has 0 aliphatic rings. The summed E-state index contributed by atoms with van der Waals surface area (Å²) in [5, 5.41) is 0. The Morgan fingerprint density at radius 1 is 1.42 bits per heavy atom. The summed E-state index contributed by atoms with van der Waals surface area (Å²) in [6.45, 7) is 6.84. The smallest absolute Gasteiger partial charge is 0.340 e. The first-order valence-corrected chi connectivity index (χ1v) is 6.59. The third kappa shape index (κ3) is 2.49. The van der Waals surface area contributed by atoms with Gasteiger partial charge in [-0.3, -0.25) is 0 Å².